The largest absolute Gasteiger partial charge is 0.831 e. The summed E-state index contributed by atoms with van der Waals surface area (Å²) in [5.74, 6) is -2.16. The molecule has 0 spiro atoms. The van der Waals surface area contributed by atoms with Crippen molar-refractivity contribution in [3.8, 4) is 0 Å². The molecule has 0 saturated carbocycles. The van der Waals surface area contributed by atoms with E-state index in [0.717, 1.165) is 20.8 Å². The number of hydrogen-bond acceptors (Lipinski definition) is 9. The molecule has 5 atom stereocenters. The zero-order valence-electron chi connectivity index (χ0n) is 12.7. The first-order chi connectivity index (χ1) is 10.8. The Hall–Kier alpha value is -2.36. The van der Waals surface area contributed by atoms with Crippen molar-refractivity contribution in [3.63, 3.8) is 0 Å². The van der Waals surface area contributed by atoms with Gasteiger partial charge in [0.05, 0.1) is 6.04 Å². The van der Waals surface area contributed by atoms with E-state index in [9.17, 15) is 19.5 Å². The van der Waals surface area contributed by atoms with Crippen LogP contribution in [-0.2, 0) is 33.3 Å². The molecule has 1 unspecified atom stereocenters. The molecule has 0 aromatic heterocycles. The maximum absolute atomic E-state index is 12.0. The van der Waals surface area contributed by atoms with Crippen LogP contribution in [0.15, 0.2) is 5.11 Å². The van der Waals surface area contributed by atoms with Crippen LogP contribution in [0.25, 0.3) is 10.4 Å². The minimum Gasteiger partial charge on any atom is -0.831 e. The van der Waals surface area contributed by atoms with Gasteiger partial charge in [0.25, 0.3) is 0 Å². The predicted octanol–water partition coefficient (Wildman–Crippen LogP) is -0.823. The molecule has 1 rings (SSSR count). The molecule has 0 amide bonds. The van der Waals surface area contributed by atoms with Crippen LogP contribution in [0, 0.1) is 0 Å². The third-order valence-corrected chi connectivity index (χ3v) is 2.85. The summed E-state index contributed by atoms with van der Waals surface area (Å²) in [6.45, 7) is 2.92. The van der Waals surface area contributed by atoms with Crippen LogP contribution >= 0.6 is 0 Å². The van der Waals surface area contributed by atoms with Crippen LogP contribution in [0.5, 0.6) is 0 Å². The zero-order valence-corrected chi connectivity index (χ0v) is 12.7. The van der Waals surface area contributed by atoms with E-state index >= 15 is 0 Å². The standard InChI is InChI=1S/C12H16N3O8/c1-5(16)20-4-8-10(21-6(2)17)11(22-7(3)18)9(14-15-13)12(19)23-8/h8-12H,4H2,1-3H3/q-1/t8-,9-,10+,11-,12?/m1/s1. The van der Waals surface area contributed by atoms with Crippen molar-refractivity contribution >= 4 is 17.9 Å². The highest BCUT2D eigenvalue weighted by Gasteiger charge is 2.46. The van der Waals surface area contributed by atoms with Crippen LogP contribution in [0.4, 0.5) is 0 Å². The summed E-state index contributed by atoms with van der Waals surface area (Å²) in [6, 6.07) is -1.44. The van der Waals surface area contributed by atoms with Gasteiger partial charge in [0.15, 0.2) is 12.2 Å². The predicted molar refractivity (Wildman–Crippen MR) is 69.3 cm³/mol. The molecule has 1 aliphatic heterocycles. The van der Waals surface area contributed by atoms with Gasteiger partial charge >= 0.3 is 17.9 Å². The molecule has 11 heteroatoms. The van der Waals surface area contributed by atoms with Crippen molar-refractivity contribution in [1.29, 1.82) is 0 Å². The summed E-state index contributed by atoms with van der Waals surface area (Å²) in [5, 5.41) is 15.2. The SMILES string of the molecule is CC(=O)OC[C@H]1OC([O-])[C@H](N=[N+]=[N-])[C@@H](OC(C)=O)[C@H]1OC(C)=O. The van der Waals surface area contributed by atoms with Gasteiger partial charge in [-0.2, -0.15) is 0 Å². The first kappa shape index (κ1) is 18.7. The summed E-state index contributed by atoms with van der Waals surface area (Å²) in [5.41, 5.74) is 8.54. The Labute approximate surface area is 131 Å². The van der Waals surface area contributed by atoms with Crippen LogP contribution in [-0.4, -0.2) is 55.2 Å². The molecule has 0 radical (unpaired) electrons. The summed E-state index contributed by atoms with van der Waals surface area (Å²) in [4.78, 5) is 35.9. The van der Waals surface area contributed by atoms with Gasteiger partial charge in [-0.15, -0.1) is 0 Å². The lowest BCUT2D eigenvalue weighted by Crippen LogP contribution is -2.63. The van der Waals surface area contributed by atoms with Crippen LogP contribution < -0.4 is 5.11 Å². The number of nitrogens with zero attached hydrogens (tertiary/aromatic N) is 3. The van der Waals surface area contributed by atoms with Gasteiger partial charge in [-0.25, -0.2) is 0 Å². The molecular formula is C12H16N3O8-. The van der Waals surface area contributed by atoms with E-state index in [1.807, 2.05) is 0 Å². The fourth-order valence-electron chi connectivity index (χ4n) is 2.07. The normalized spacial score (nSPS) is 29.8. The van der Waals surface area contributed by atoms with E-state index < -0.39 is 55.2 Å². The van der Waals surface area contributed by atoms with Crippen LogP contribution in [0.3, 0.4) is 0 Å². The van der Waals surface area contributed by atoms with E-state index in [4.69, 9.17) is 24.5 Å². The second-order valence-corrected chi connectivity index (χ2v) is 4.69. The minimum absolute atomic E-state index is 0.396. The molecule has 0 aromatic rings. The molecule has 23 heavy (non-hydrogen) atoms. The van der Waals surface area contributed by atoms with Crippen LogP contribution in [0.1, 0.15) is 20.8 Å². The zero-order chi connectivity index (χ0) is 17.6. The van der Waals surface area contributed by atoms with Gasteiger partial charge in [0.1, 0.15) is 12.7 Å². The molecule has 0 aromatic carbocycles. The molecule has 11 nitrogen and oxygen atoms in total. The maximum atomic E-state index is 12.0. The molecular weight excluding hydrogens is 314 g/mol. The Kier molecular flexibility index (Phi) is 6.76. The third kappa shape index (κ3) is 5.40. The second kappa shape index (κ2) is 8.32. The molecule has 0 bridgehead atoms. The Balaban J connectivity index is 3.11. The Morgan fingerprint density at radius 2 is 1.70 bits per heavy atom. The smallest absolute Gasteiger partial charge is 0.303 e. The Morgan fingerprint density at radius 3 is 2.17 bits per heavy atom. The average Bonchev–Trinajstić information content (AvgIpc) is 2.42. The van der Waals surface area contributed by atoms with Gasteiger partial charge < -0.3 is 24.1 Å². The highest BCUT2D eigenvalue weighted by Crippen LogP contribution is 2.27. The van der Waals surface area contributed by atoms with Gasteiger partial charge in [0.2, 0.25) is 0 Å². The van der Waals surface area contributed by atoms with Crippen molar-refractivity contribution in [3.05, 3.63) is 10.4 Å². The summed E-state index contributed by atoms with van der Waals surface area (Å²) < 4.78 is 19.8. The monoisotopic (exact) mass is 330 g/mol. The van der Waals surface area contributed by atoms with E-state index in [2.05, 4.69) is 10.0 Å². The molecule has 1 aliphatic rings. The minimum atomic E-state index is -1.89. The number of rotatable bonds is 5. The van der Waals surface area contributed by atoms with E-state index in [1.165, 1.54) is 0 Å². The molecule has 1 saturated heterocycles. The quantitative estimate of drug-likeness (QED) is 0.208. The number of carbonyl (C=O) groups is 3. The average molecular weight is 330 g/mol. The lowest BCUT2D eigenvalue weighted by Gasteiger charge is -2.46. The summed E-state index contributed by atoms with van der Waals surface area (Å²) in [7, 11) is 0. The van der Waals surface area contributed by atoms with Gasteiger partial charge in [-0.1, -0.05) is 5.11 Å². The fourth-order valence-corrected chi connectivity index (χ4v) is 2.07. The van der Waals surface area contributed by atoms with E-state index in [-0.39, 0.29) is 0 Å². The van der Waals surface area contributed by atoms with Crippen LogP contribution in [0.2, 0.25) is 0 Å². The maximum Gasteiger partial charge on any atom is 0.303 e. The van der Waals surface area contributed by atoms with Gasteiger partial charge in [-0.05, 0) is 11.8 Å². The fraction of sp³-hybridized carbons (Fsp3) is 0.750. The van der Waals surface area contributed by atoms with Gasteiger partial charge in [0, 0.05) is 25.7 Å². The lowest BCUT2D eigenvalue weighted by molar-refractivity contribution is -0.517. The summed E-state index contributed by atoms with van der Waals surface area (Å²) in [6.07, 6.45) is -5.68. The first-order valence-corrected chi connectivity index (χ1v) is 6.59. The number of azide groups is 1. The number of carbonyl (C=O) groups excluding carboxylic acids is 3. The highest BCUT2D eigenvalue weighted by molar-refractivity contribution is 5.67. The van der Waals surface area contributed by atoms with Gasteiger partial charge in [-0.3, -0.25) is 14.4 Å². The molecule has 0 aliphatic carbocycles. The van der Waals surface area contributed by atoms with Crippen molar-refractivity contribution in [2.24, 2.45) is 5.11 Å². The lowest BCUT2D eigenvalue weighted by atomic mass is 9.97. The summed E-state index contributed by atoms with van der Waals surface area (Å²) >= 11 is 0. The molecule has 1 heterocycles. The third-order valence-electron chi connectivity index (χ3n) is 2.85. The van der Waals surface area contributed by atoms with Crippen molar-refractivity contribution in [2.45, 2.75) is 51.4 Å². The molecule has 128 valence electrons. The number of ether oxygens (including phenoxy) is 4. The molecule has 0 N–H and O–H groups in total. The first-order valence-electron chi connectivity index (χ1n) is 6.59. The second-order valence-electron chi connectivity index (χ2n) is 4.69. The van der Waals surface area contributed by atoms with Crippen molar-refractivity contribution in [2.75, 3.05) is 6.61 Å². The van der Waals surface area contributed by atoms with Crippen molar-refractivity contribution < 1.29 is 38.4 Å². The van der Waals surface area contributed by atoms with E-state index in [1.54, 1.807) is 0 Å². The van der Waals surface area contributed by atoms with E-state index in [0.29, 0.717) is 0 Å². The topological polar surface area (TPSA) is 160 Å². The Bertz CT molecular complexity index is 518. The van der Waals surface area contributed by atoms with Crippen molar-refractivity contribution in [1.82, 2.24) is 0 Å². The number of hydrogen-bond donors (Lipinski definition) is 0. The Morgan fingerprint density at radius 1 is 1.13 bits per heavy atom. The number of esters is 3. The highest BCUT2D eigenvalue weighted by atomic mass is 16.7. The molecule has 1 fully saturated rings.